The number of aliphatic hydroxyl groups is 1. The Morgan fingerprint density at radius 1 is 1.06 bits per heavy atom. The summed E-state index contributed by atoms with van der Waals surface area (Å²) in [6.07, 6.45) is 5.35. The molecule has 0 radical (unpaired) electrons. The molecule has 0 saturated carbocycles. The third-order valence-corrected chi connectivity index (χ3v) is 6.68. The summed E-state index contributed by atoms with van der Waals surface area (Å²) in [5.41, 5.74) is 1.30. The number of pyridine rings is 1. The number of nitrogens with zero attached hydrogens (tertiary/aromatic N) is 3. The van der Waals surface area contributed by atoms with Gasteiger partial charge in [-0.1, -0.05) is 57.0 Å². The lowest BCUT2D eigenvalue weighted by atomic mass is 10.1. The molecule has 1 heterocycles. The molecule has 1 amide bonds. The third-order valence-electron chi connectivity index (χ3n) is 5.51. The number of aliphatic hydroxyl groups excluding tert-OH is 1. The number of hydrogen-bond donors (Lipinski definition) is 2. The summed E-state index contributed by atoms with van der Waals surface area (Å²) in [5.74, 6) is 0.372. The Morgan fingerprint density at radius 2 is 1.74 bits per heavy atom. The molecule has 0 bridgehead atoms. The van der Waals surface area contributed by atoms with Gasteiger partial charge in [0.05, 0.1) is 18.9 Å². The molecule has 9 heteroatoms. The number of sulfonamides is 1. The molecule has 8 nitrogen and oxygen atoms in total. The second-order valence-corrected chi connectivity index (χ2v) is 10.5. The van der Waals surface area contributed by atoms with Crippen LogP contribution in [0.5, 0.6) is 0 Å². The van der Waals surface area contributed by atoms with Crippen molar-refractivity contribution < 1.29 is 18.3 Å². The van der Waals surface area contributed by atoms with E-state index in [1.807, 2.05) is 49.2 Å². The second-order valence-electron chi connectivity index (χ2n) is 8.58. The Hall–Kier alpha value is -2.65. The van der Waals surface area contributed by atoms with Crippen molar-refractivity contribution in [2.75, 3.05) is 42.2 Å². The van der Waals surface area contributed by atoms with Gasteiger partial charge in [0.2, 0.25) is 10.0 Å². The average Bonchev–Trinajstić information content (AvgIpc) is 2.81. The monoisotopic (exact) mass is 490 g/mol. The molecular formula is C25H38N4O4S. The topological polar surface area (TPSA) is 103 Å². The van der Waals surface area contributed by atoms with Gasteiger partial charge >= 0.3 is 0 Å². The van der Waals surface area contributed by atoms with Gasteiger partial charge in [0.15, 0.2) is 0 Å². The minimum absolute atomic E-state index is 0.215. The van der Waals surface area contributed by atoms with Crippen LogP contribution in [-0.4, -0.2) is 63.5 Å². The van der Waals surface area contributed by atoms with E-state index in [1.54, 1.807) is 6.07 Å². The van der Waals surface area contributed by atoms with Crippen molar-refractivity contribution in [2.45, 2.75) is 52.0 Å². The largest absolute Gasteiger partial charge is 0.394 e. The molecule has 0 spiro atoms. The smallest absolute Gasteiger partial charge is 0.251 e. The van der Waals surface area contributed by atoms with Crippen molar-refractivity contribution in [1.29, 1.82) is 0 Å². The van der Waals surface area contributed by atoms with E-state index < -0.39 is 16.1 Å². The van der Waals surface area contributed by atoms with Crippen LogP contribution in [0.2, 0.25) is 0 Å². The Labute approximate surface area is 204 Å². The number of rotatable bonds is 14. The fourth-order valence-corrected chi connectivity index (χ4v) is 4.60. The summed E-state index contributed by atoms with van der Waals surface area (Å²) in [7, 11) is -1.68. The highest BCUT2D eigenvalue weighted by molar-refractivity contribution is 7.92. The molecular weight excluding hydrogens is 452 g/mol. The van der Waals surface area contributed by atoms with E-state index in [1.165, 1.54) is 10.4 Å². The SMILES string of the molecule is CCCCCN(C)c1cc(C(=O)N[C@H](CO)Cc2ccccc2)cc(N(CCC)S(C)(=O)=O)n1. The van der Waals surface area contributed by atoms with Gasteiger partial charge in [-0.15, -0.1) is 0 Å². The lowest BCUT2D eigenvalue weighted by Crippen LogP contribution is -2.39. The number of aromatic nitrogens is 1. The number of benzene rings is 1. The lowest BCUT2D eigenvalue weighted by Gasteiger charge is -2.25. The summed E-state index contributed by atoms with van der Waals surface area (Å²) in [4.78, 5) is 19.7. The number of carbonyl (C=O) groups excluding carboxylic acids is 1. The molecule has 1 aromatic carbocycles. The van der Waals surface area contributed by atoms with E-state index in [4.69, 9.17) is 0 Å². The van der Waals surface area contributed by atoms with E-state index in [9.17, 15) is 18.3 Å². The minimum atomic E-state index is -3.57. The molecule has 0 aliphatic carbocycles. The fourth-order valence-electron chi connectivity index (χ4n) is 3.65. The van der Waals surface area contributed by atoms with Crippen molar-refractivity contribution in [2.24, 2.45) is 0 Å². The van der Waals surface area contributed by atoms with E-state index in [2.05, 4.69) is 17.2 Å². The Kier molecular flexibility index (Phi) is 10.8. The molecule has 2 rings (SSSR count). The van der Waals surface area contributed by atoms with Gasteiger partial charge in [0, 0.05) is 25.7 Å². The van der Waals surface area contributed by atoms with Crippen LogP contribution in [-0.2, 0) is 16.4 Å². The molecule has 1 atom stereocenters. The van der Waals surface area contributed by atoms with Gasteiger partial charge in [-0.2, -0.15) is 0 Å². The number of nitrogens with one attached hydrogen (secondary N) is 1. The Morgan fingerprint density at radius 3 is 2.32 bits per heavy atom. The first-order valence-electron chi connectivity index (χ1n) is 11.9. The average molecular weight is 491 g/mol. The molecule has 0 aliphatic rings. The quantitative estimate of drug-likeness (QED) is 0.394. The van der Waals surface area contributed by atoms with Crippen molar-refractivity contribution in [1.82, 2.24) is 10.3 Å². The standard InChI is InChI=1S/C25H38N4O4S/c1-5-7-11-15-28(3)23-17-21(18-24(27-23)29(14-6-2)34(4,32)33)25(31)26-22(19-30)16-20-12-9-8-10-13-20/h8-10,12-13,17-18,22,30H,5-7,11,14-16,19H2,1-4H3,(H,26,31)/t22-/m0/s1. The molecule has 2 aromatic rings. The first-order valence-corrected chi connectivity index (χ1v) is 13.7. The minimum Gasteiger partial charge on any atom is -0.394 e. The molecule has 0 saturated heterocycles. The molecule has 2 N–H and O–H groups in total. The van der Waals surface area contributed by atoms with Crippen molar-refractivity contribution in [3.05, 3.63) is 53.6 Å². The number of unbranched alkanes of at least 4 members (excludes halogenated alkanes) is 2. The van der Waals surface area contributed by atoms with Crippen LogP contribution >= 0.6 is 0 Å². The first kappa shape index (κ1) is 27.6. The highest BCUT2D eigenvalue weighted by Gasteiger charge is 2.22. The van der Waals surface area contributed by atoms with E-state index in [0.717, 1.165) is 37.6 Å². The molecule has 1 aromatic heterocycles. The van der Waals surface area contributed by atoms with Crippen molar-refractivity contribution >= 4 is 27.6 Å². The van der Waals surface area contributed by atoms with E-state index in [0.29, 0.717) is 24.2 Å². The number of carbonyl (C=O) groups is 1. The summed E-state index contributed by atoms with van der Waals surface area (Å²) in [5, 5.41) is 12.7. The summed E-state index contributed by atoms with van der Waals surface area (Å²) in [6, 6.07) is 12.3. The van der Waals surface area contributed by atoms with Gasteiger partial charge in [-0.3, -0.25) is 9.10 Å². The van der Waals surface area contributed by atoms with Gasteiger partial charge in [-0.05, 0) is 37.0 Å². The van der Waals surface area contributed by atoms with Crippen LogP contribution < -0.4 is 14.5 Å². The highest BCUT2D eigenvalue weighted by Crippen LogP contribution is 2.23. The van der Waals surface area contributed by atoms with Crippen LogP contribution in [0.3, 0.4) is 0 Å². The number of anilines is 2. The molecule has 34 heavy (non-hydrogen) atoms. The third kappa shape index (κ3) is 8.29. The second kappa shape index (κ2) is 13.3. The number of amides is 1. The van der Waals surface area contributed by atoms with Crippen molar-refractivity contribution in [3.63, 3.8) is 0 Å². The molecule has 0 aliphatic heterocycles. The highest BCUT2D eigenvalue weighted by atomic mass is 32.2. The lowest BCUT2D eigenvalue weighted by molar-refractivity contribution is 0.0916. The van der Waals surface area contributed by atoms with Crippen LogP contribution in [0.1, 0.15) is 55.5 Å². The van der Waals surface area contributed by atoms with Gasteiger partial charge in [0.25, 0.3) is 5.91 Å². The predicted molar refractivity (Wildman–Crippen MR) is 138 cm³/mol. The fraction of sp³-hybridized carbons (Fsp3) is 0.520. The predicted octanol–water partition coefficient (Wildman–Crippen LogP) is 3.22. The van der Waals surface area contributed by atoms with Crippen LogP contribution in [0.25, 0.3) is 0 Å². The zero-order valence-electron chi connectivity index (χ0n) is 20.7. The number of hydrogen-bond acceptors (Lipinski definition) is 6. The maximum Gasteiger partial charge on any atom is 0.251 e. The normalized spacial score (nSPS) is 12.3. The summed E-state index contributed by atoms with van der Waals surface area (Å²) in [6.45, 7) is 4.81. The summed E-state index contributed by atoms with van der Waals surface area (Å²) >= 11 is 0. The van der Waals surface area contributed by atoms with Crippen LogP contribution in [0, 0.1) is 0 Å². The zero-order valence-corrected chi connectivity index (χ0v) is 21.5. The van der Waals surface area contributed by atoms with Crippen LogP contribution in [0.15, 0.2) is 42.5 Å². The molecule has 188 valence electrons. The summed E-state index contributed by atoms with van der Waals surface area (Å²) < 4.78 is 26.2. The van der Waals surface area contributed by atoms with Gasteiger partial charge in [0.1, 0.15) is 11.6 Å². The van der Waals surface area contributed by atoms with Gasteiger partial charge in [-0.25, -0.2) is 13.4 Å². The maximum absolute atomic E-state index is 13.2. The molecule has 0 unspecified atom stereocenters. The van der Waals surface area contributed by atoms with Crippen molar-refractivity contribution in [3.8, 4) is 0 Å². The Balaban J connectivity index is 2.37. The van der Waals surface area contributed by atoms with Gasteiger partial charge < -0.3 is 15.3 Å². The van der Waals surface area contributed by atoms with Crippen LogP contribution in [0.4, 0.5) is 11.6 Å². The maximum atomic E-state index is 13.2. The van der Waals surface area contributed by atoms with E-state index >= 15 is 0 Å². The Bertz CT molecular complexity index is 1010. The first-order chi connectivity index (χ1) is 16.2. The molecule has 0 fully saturated rings. The van der Waals surface area contributed by atoms with E-state index in [-0.39, 0.29) is 24.9 Å². The zero-order chi connectivity index (χ0) is 25.1.